The van der Waals surface area contributed by atoms with E-state index in [1.807, 2.05) is 24.3 Å². The summed E-state index contributed by atoms with van der Waals surface area (Å²) in [6.45, 7) is 3.30. The molecule has 25 heavy (non-hydrogen) atoms. The van der Waals surface area contributed by atoms with Gasteiger partial charge in [0.1, 0.15) is 5.82 Å². The fraction of sp³-hybridized carbons (Fsp3) is 0.350. The van der Waals surface area contributed by atoms with E-state index in [0.717, 1.165) is 49.7 Å². The van der Waals surface area contributed by atoms with Crippen molar-refractivity contribution >= 4 is 17.3 Å². The molecule has 1 saturated heterocycles. The van der Waals surface area contributed by atoms with E-state index < -0.39 is 0 Å². The number of rotatable bonds is 4. The highest BCUT2D eigenvalue weighted by Gasteiger charge is 2.43. The molecule has 2 atom stereocenters. The van der Waals surface area contributed by atoms with Crippen molar-refractivity contribution < 1.29 is 13.9 Å². The van der Waals surface area contributed by atoms with Crippen molar-refractivity contribution in [3.8, 4) is 0 Å². The van der Waals surface area contributed by atoms with E-state index in [1.54, 1.807) is 12.1 Å². The van der Waals surface area contributed by atoms with Crippen LogP contribution in [0.15, 0.2) is 48.5 Å². The third-order valence-electron chi connectivity index (χ3n) is 4.94. The van der Waals surface area contributed by atoms with Crippen molar-refractivity contribution in [1.82, 2.24) is 0 Å². The summed E-state index contributed by atoms with van der Waals surface area (Å²) in [6.07, 6.45) is 0.823. The van der Waals surface area contributed by atoms with Gasteiger partial charge in [0, 0.05) is 30.4 Å². The highest BCUT2D eigenvalue weighted by atomic mass is 19.1. The molecule has 1 N–H and O–H groups in total. The van der Waals surface area contributed by atoms with Gasteiger partial charge < -0.3 is 15.0 Å². The minimum absolute atomic E-state index is 0.0237. The zero-order chi connectivity index (χ0) is 17.2. The first-order chi connectivity index (χ1) is 12.2. The summed E-state index contributed by atoms with van der Waals surface area (Å²) in [5.74, 6) is -0.0307. The number of ether oxygens (including phenoxy) is 1. The lowest BCUT2D eigenvalue weighted by molar-refractivity contribution is -0.117. The van der Waals surface area contributed by atoms with Gasteiger partial charge in [0.15, 0.2) is 0 Å². The number of morpholine rings is 1. The summed E-state index contributed by atoms with van der Waals surface area (Å²) in [5.41, 5.74) is 2.99. The highest BCUT2D eigenvalue weighted by molar-refractivity contribution is 5.95. The van der Waals surface area contributed by atoms with Crippen LogP contribution in [-0.4, -0.2) is 32.2 Å². The van der Waals surface area contributed by atoms with Gasteiger partial charge in [-0.3, -0.25) is 4.79 Å². The van der Waals surface area contributed by atoms with E-state index in [4.69, 9.17) is 4.74 Å². The molecule has 2 aliphatic rings. The number of nitrogens with one attached hydrogen (secondary N) is 1. The van der Waals surface area contributed by atoms with Gasteiger partial charge >= 0.3 is 0 Å². The molecule has 2 fully saturated rings. The van der Waals surface area contributed by atoms with E-state index in [9.17, 15) is 9.18 Å². The predicted octanol–water partition coefficient (Wildman–Crippen LogP) is 3.40. The number of halogens is 1. The first kappa shape index (κ1) is 16.1. The number of hydrogen-bond donors (Lipinski definition) is 1. The summed E-state index contributed by atoms with van der Waals surface area (Å²) >= 11 is 0. The van der Waals surface area contributed by atoms with Crippen molar-refractivity contribution in [1.29, 1.82) is 0 Å². The van der Waals surface area contributed by atoms with Crippen LogP contribution in [-0.2, 0) is 9.53 Å². The molecule has 1 saturated carbocycles. The van der Waals surface area contributed by atoms with Crippen LogP contribution in [0.3, 0.4) is 0 Å². The summed E-state index contributed by atoms with van der Waals surface area (Å²) in [7, 11) is 0. The molecule has 0 spiro atoms. The van der Waals surface area contributed by atoms with Crippen LogP contribution in [0.25, 0.3) is 0 Å². The molecule has 1 aliphatic carbocycles. The molecular weight excluding hydrogens is 319 g/mol. The Balaban J connectivity index is 1.34. The second-order valence-electron chi connectivity index (χ2n) is 6.64. The fourth-order valence-electron chi connectivity index (χ4n) is 3.38. The van der Waals surface area contributed by atoms with E-state index >= 15 is 0 Å². The maximum atomic E-state index is 13.0. The van der Waals surface area contributed by atoms with Gasteiger partial charge in [-0.25, -0.2) is 4.39 Å². The van der Waals surface area contributed by atoms with Crippen molar-refractivity contribution in [3.63, 3.8) is 0 Å². The quantitative estimate of drug-likeness (QED) is 0.927. The second-order valence-corrected chi connectivity index (χ2v) is 6.64. The van der Waals surface area contributed by atoms with E-state index in [2.05, 4.69) is 10.2 Å². The minimum atomic E-state index is -0.245. The summed E-state index contributed by atoms with van der Waals surface area (Å²) in [6, 6.07) is 14.4. The Labute approximate surface area is 146 Å². The third-order valence-corrected chi connectivity index (χ3v) is 4.94. The molecule has 2 unspecified atom stereocenters. The Hall–Kier alpha value is -2.40. The van der Waals surface area contributed by atoms with Crippen molar-refractivity contribution in [2.24, 2.45) is 5.92 Å². The number of hydrogen-bond acceptors (Lipinski definition) is 3. The third kappa shape index (κ3) is 3.66. The molecule has 1 aliphatic heterocycles. The Morgan fingerprint density at radius 3 is 2.40 bits per heavy atom. The number of nitrogens with zero attached hydrogens (tertiary/aromatic N) is 1. The van der Waals surface area contributed by atoms with Crippen LogP contribution < -0.4 is 10.2 Å². The van der Waals surface area contributed by atoms with Gasteiger partial charge in [-0.15, -0.1) is 0 Å². The topological polar surface area (TPSA) is 41.6 Å². The zero-order valence-electron chi connectivity index (χ0n) is 14.0. The molecule has 0 bridgehead atoms. The number of amides is 1. The molecule has 4 rings (SSSR count). The van der Waals surface area contributed by atoms with Crippen LogP contribution >= 0.6 is 0 Å². The molecule has 1 heterocycles. The Bertz CT molecular complexity index is 739. The van der Waals surface area contributed by atoms with Crippen molar-refractivity contribution in [2.45, 2.75) is 12.3 Å². The molecule has 4 nitrogen and oxygen atoms in total. The largest absolute Gasteiger partial charge is 0.378 e. The number of carbonyl (C=O) groups is 1. The number of benzene rings is 2. The van der Waals surface area contributed by atoms with Gasteiger partial charge in [0.25, 0.3) is 0 Å². The Morgan fingerprint density at radius 2 is 1.72 bits per heavy atom. The normalized spacial score (nSPS) is 22.5. The van der Waals surface area contributed by atoms with Gasteiger partial charge in [0.2, 0.25) is 5.91 Å². The minimum Gasteiger partial charge on any atom is -0.378 e. The summed E-state index contributed by atoms with van der Waals surface area (Å²) in [5, 5.41) is 2.99. The van der Waals surface area contributed by atoms with Gasteiger partial charge in [0.05, 0.1) is 13.2 Å². The zero-order valence-corrected chi connectivity index (χ0v) is 14.0. The fourth-order valence-corrected chi connectivity index (χ4v) is 3.38. The monoisotopic (exact) mass is 340 g/mol. The first-order valence-corrected chi connectivity index (χ1v) is 8.70. The smallest absolute Gasteiger partial charge is 0.228 e. The predicted molar refractivity (Wildman–Crippen MR) is 95.4 cm³/mol. The maximum Gasteiger partial charge on any atom is 0.228 e. The van der Waals surface area contributed by atoms with Crippen molar-refractivity contribution in [2.75, 3.05) is 36.5 Å². The average molecular weight is 340 g/mol. The lowest BCUT2D eigenvalue weighted by Crippen LogP contribution is -2.36. The molecule has 130 valence electrons. The second kappa shape index (κ2) is 6.84. The lowest BCUT2D eigenvalue weighted by atomic mass is 10.1. The lowest BCUT2D eigenvalue weighted by Gasteiger charge is -2.28. The molecule has 5 heteroatoms. The van der Waals surface area contributed by atoms with Gasteiger partial charge in [-0.1, -0.05) is 12.1 Å². The average Bonchev–Trinajstić information content (AvgIpc) is 3.45. The molecule has 2 aromatic rings. The Morgan fingerprint density at radius 1 is 1.04 bits per heavy atom. The van der Waals surface area contributed by atoms with Gasteiger partial charge in [-0.2, -0.15) is 0 Å². The van der Waals surface area contributed by atoms with Crippen LogP contribution in [0.4, 0.5) is 15.8 Å². The Kier molecular flexibility index (Phi) is 4.40. The summed E-state index contributed by atoms with van der Waals surface area (Å²) < 4.78 is 18.4. The van der Waals surface area contributed by atoms with E-state index in [0.29, 0.717) is 0 Å². The first-order valence-electron chi connectivity index (χ1n) is 8.70. The van der Waals surface area contributed by atoms with Crippen LogP contribution in [0.5, 0.6) is 0 Å². The molecule has 1 amide bonds. The van der Waals surface area contributed by atoms with Crippen LogP contribution in [0.1, 0.15) is 17.9 Å². The molecule has 0 radical (unpaired) electrons. The molecule has 2 aromatic carbocycles. The van der Waals surface area contributed by atoms with Gasteiger partial charge in [-0.05, 0) is 54.3 Å². The standard InChI is InChI=1S/C20H21FN2O2/c21-15-3-1-14(2-4-15)18-13-19(18)20(24)22-16-5-7-17(8-6-16)23-9-11-25-12-10-23/h1-8,18-19H,9-13H2,(H,22,24). The van der Waals surface area contributed by atoms with Crippen LogP contribution in [0.2, 0.25) is 0 Å². The number of anilines is 2. The SMILES string of the molecule is O=C(Nc1ccc(N2CCOCC2)cc1)C1CC1c1ccc(F)cc1. The van der Waals surface area contributed by atoms with E-state index in [-0.39, 0.29) is 23.6 Å². The summed E-state index contributed by atoms with van der Waals surface area (Å²) in [4.78, 5) is 14.7. The van der Waals surface area contributed by atoms with E-state index in [1.165, 1.54) is 12.1 Å². The molecular formula is C20H21FN2O2. The number of carbonyl (C=O) groups excluding carboxylic acids is 1. The highest BCUT2D eigenvalue weighted by Crippen LogP contribution is 2.48. The van der Waals surface area contributed by atoms with Crippen LogP contribution in [0, 0.1) is 11.7 Å². The maximum absolute atomic E-state index is 13.0. The van der Waals surface area contributed by atoms with Crippen molar-refractivity contribution in [3.05, 3.63) is 59.9 Å². The molecule has 0 aromatic heterocycles.